The first-order valence-electron chi connectivity index (χ1n) is 18.8. The maximum absolute atomic E-state index is 14.7. The summed E-state index contributed by atoms with van der Waals surface area (Å²) >= 11 is 0. The molecule has 290 valence electrons. The molecule has 3 amide bonds. The number of carbonyl (C=O) groups excluding carboxylic acids is 4. The lowest BCUT2D eigenvalue weighted by molar-refractivity contribution is -0.141. The van der Waals surface area contributed by atoms with E-state index in [0.717, 1.165) is 42.0 Å². The standard InChI is InChI=1S/C40H45F3N8O4/c1-21-12-13-31(40(41,42)43)46-36(21)47-37(54)30-16-39-20-49(6)38(55)22(2)10-8-7-9-11-26-14-27(28-17-44-25(5)45-18-28)15-29-33(24(4)52)48-50(34(26)29)19-32(53)51(30)35(39)23(39)3/h12-15,17-18,22-23,30,35H,7-11,16,19-20H2,1-6H3,(H,46,47,54)/t22-,23+,30+,35-,39-/m1/s1. The topological polar surface area (TPSA) is 143 Å². The van der Waals surface area contributed by atoms with Gasteiger partial charge in [0, 0.05) is 61.2 Å². The summed E-state index contributed by atoms with van der Waals surface area (Å²) in [6.45, 7) is 8.70. The Labute approximate surface area is 316 Å². The molecule has 1 aromatic carbocycles. The van der Waals surface area contributed by atoms with Crippen LogP contribution in [0.5, 0.6) is 0 Å². The number of aryl methyl sites for hydroxylation is 3. The molecule has 5 heterocycles. The average molecular weight is 759 g/mol. The molecule has 0 radical (unpaired) electrons. The van der Waals surface area contributed by atoms with Gasteiger partial charge in [-0.25, -0.2) is 15.0 Å². The highest BCUT2D eigenvalue weighted by atomic mass is 19.4. The molecule has 1 N–H and O–H groups in total. The van der Waals surface area contributed by atoms with Crippen molar-refractivity contribution in [2.24, 2.45) is 17.3 Å². The minimum Gasteiger partial charge on any atom is -0.345 e. The second kappa shape index (κ2) is 14.1. The van der Waals surface area contributed by atoms with Gasteiger partial charge < -0.3 is 15.1 Å². The second-order valence-corrected chi connectivity index (χ2v) is 15.6. The van der Waals surface area contributed by atoms with E-state index in [9.17, 15) is 32.3 Å². The Morgan fingerprint density at radius 2 is 1.73 bits per heavy atom. The smallest absolute Gasteiger partial charge is 0.345 e. The monoisotopic (exact) mass is 758 g/mol. The minimum absolute atomic E-state index is 0.0160. The van der Waals surface area contributed by atoms with Crippen molar-refractivity contribution in [2.75, 3.05) is 18.9 Å². The first kappa shape index (κ1) is 38.1. The molecule has 7 rings (SSSR count). The lowest BCUT2D eigenvalue weighted by Crippen LogP contribution is -2.47. The van der Waals surface area contributed by atoms with E-state index in [1.165, 1.54) is 17.9 Å². The quantitative estimate of drug-likeness (QED) is 0.243. The molecule has 0 spiro atoms. The molecule has 3 aromatic heterocycles. The number of piperidine rings is 1. The first-order chi connectivity index (χ1) is 26.0. The number of nitrogens with one attached hydrogen (secondary N) is 1. The number of pyridine rings is 1. The number of halogens is 3. The summed E-state index contributed by atoms with van der Waals surface area (Å²) in [4.78, 5) is 71.3. The normalized spacial score (nSPS) is 24.8. The molecule has 55 heavy (non-hydrogen) atoms. The third-order valence-corrected chi connectivity index (χ3v) is 11.9. The third-order valence-electron chi connectivity index (χ3n) is 11.9. The second-order valence-electron chi connectivity index (χ2n) is 15.6. The van der Waals surface area contributed by atoms with E-state index in [0.29, 0.717) is 41.7 Å². The van der Waals surface area contributed by atoms with E-state index in [4.69, 9.17) is 5.10 Å². The fourth-order valence-corrected chi connectivity index (χ4v) is 8.86. The van der Waals surface area contributed by atoms with Gasteiger partial charge in [0.25, 0.3) is 0 Å². The van der Waals surface area contributed by atoms with Crippen molar-refractivity contribution in [1.82, 2.24) is 34.5 Å². The summed E-state index contributed by atoms with van der Waals surface area (Å²) in [6.07, 6.45) is 2.70. The van der Waals surface area contributed by atoms with Crippen LogP contribution in [0.1, 0.15) is 86.0 Å². The molecule has 12 nitrogen and oxygen atoms in total. The summed E-state index contributed by atoms with van der Waals surface area (Å²) in [5, 5.41) is 7.89. The van der Waals surface area contributed by atoms with Crippen molar-refractivity contribution in [3.63, 3.8) is 0 Å². The van der Waals surface area contributed by atoms with Crippen LogP contribution >= 0.6 is 0 Å². The molecule has 1 aliphatic carbocycles. The lowest BCUT2D eigenvalue weighted by atomic mass is 9.93. The van der Waals surface area contributed by atoms with E-state index < -0.39 is 41.2 Å². The molecular weight excluding hydrogens is 713 g/mol. The molecule has 0 unspecified atom stereocenters. The van der Waals surface area contributed by atoms with Gasteiger partial charge in [-0.05, 0) is 80.3 Å². The Morgan fingerprint density at radius 3 is 2.42 bits per heavy atom. The number of hydrogen-bond donors (Lipinski definition) is 1. The van der Waals surface area contributed by atoms with Crippen molar-refractivity contribution in [3.8, 4) is 11.1 Å². The summed E-state index contributed by atoms with van der Waals surface area (Å²) in [7, 11) is 1.75. The van der Waals surface area contributed by atoms with Gasteiger partial charge in [-0.1, -0.05) is 32.8 Å². The number of amides is 3. The maximum Gasteiger partial charge on any atom is 0.433 e. The van der Waals surface area contributed by atoms with Crippen LogP contribution in [0.15, 0.2) is 36.7 Å². The Kier molecular flexibility index (Phi) is 9.79. The summed E-state index contributed by atoms with van der Waals surface area (Å²) < 4.78 is 42.4. The van der Waals surface area contributed by atoms with Gasteiger partial charge in [-0.15, -0.1) is 0 Å². The fraction of sp³-hybridized carbons (Fsp3) is 0.500. The zero-order valence-electron chi connectivity index (χ0n) is 31.8. The summed E-state index contributed by atoms with van der Waals surface area (Å²) in [5.74, 6) is -1.33. The summed E-state index contributed by atoms with van der Waals surface area (Å²) in [6, 6.07) is 4.49. The van der Waals surface area contributed by atoms with Crippen molar-refractivity contribution < 1.29 is 32.3 Å². The molecule has 15 heteroatoms. The van der Waals surface area contributed by atoms with Gasteiger partial charge in [0.2, 0.25) is 17.7 Å². The van der Waals surface area contributed by atoms with Crippen molar-refractivity contribution >= 4 is 40.2 Å². The summed E-state index contributed by atoms with van der Waals surface area (Å²) in [5.41, 5.74) is 1.86. The molecule has 5 atom stereocenters. The first-order valence-corrected chi connectivity index (χ1v) is 18.8. The molecule has 3 aliphatic rings. The van der Waals surface area contributed by atoms with E-state index in [1.54, 1.807) is 42.9 Å². The van der Waals surface area contributed by atoms with Crippen molar-refractivity contribution in [1.29, 1.82) is 0 Å². The number of ketones is 1. The zero-order valence-corrected chi connectivity index (χ0v) is 31.8. The SMILES string of the molecule is CC(=O)c1nn2c3c(cc(-c4cnc(C)nc4)cc13)CCCCC[C@@H](C)C(=O)N(C)C[C@@]13C[C@@H](C(=O)Nc4nc(C(F)(F)F)ccc4C)N(C(=O)C2)[C@@H]1[C@@H]3C. The van der Waals surface area contributed by atoms with Crippen LogP contribution in [0.25, 0.3) is 22.0 Å². The van der Waals surface area contributed by atoms with Gasteiger partial charge >= 0.3 is 6.18 Å². The zero-order chi connectivity index (χ0) is 39.6. The van der Waals surface area contributed by atoms with Crippen molar-refractivity contribution in [3.05, 3.63) is 65.0 Å². The molecule has 4 aromatic rings. The Balaban J connectivity index is 1.32. The van der Waals surface area contributed by atoms with Crippen LogP contribution in [-0.4, -0.2) is 83.7 Å². The van der Waals surface area contributed by atoms with Crippen LogP contribution in [0.3, 0.4) is 0 Å². The van der Waals surface area contributed by atoms with Gasteiger partial charge in [0.05, 0.1) is 5.52 Å². The largest absolute Gasteiger partial charge is 0.433 e. The van der Waals surface area contributed by atoms with E-state index in [-0.39, 0.29) is 48.0 Å². The highest BCUT2D eigenvalue weighted by molar-refractivity contribution is 6.07. The maximum atomic E-state index is 14.7. The van der Waals surface area contributed by atoms with Crippen LogP contribution in [0.4, 0.5) is 19.0 Å². The van der Waals surface area contributed by atoms with Crippen LogP contribution in [0, 0.1) is 31.1 Å². The number of alkyl halides is 3. The average Bonchev–Trinajstić information content (AvgIpc) is 3.39. The molecule has 2 bridgehead atoms. The highest BCUT2D eigenvalue weighted by Gasteiger charge is 2.73. The van der Waals surface area contributed by atoms with E-state index >= 15 is 0 Å². The number of nitrogens with zero attached hydrogens (tertiary/aromatic N) is 7. The van der Waals surface area contributed by atoms with Gasteiger partial charge in [0.15, 0.2) is 5.78 Å². The number of Topliss-reactive ketones (excluding diaryl/α,β-unsaturated/α-hetero) is 1. The van der Waals surface area contributed by atoms with Crippen LogP contribution in [-0.2, 0) is 33.5 Å². The minimum atomic E-state index is -4.73. The fourth-order valence-electron chi connectivity index (χ4n) is 8.86. The Morgan fingerprint density at radius 1 is 1.00 bits per heavy atom. The van der Waals surface area contributed by atoms with E-state index in [2.05, 4.69) is 20.3 Å². The molecule has 1 saturated heterocycles. The lowest BCUT2D eigenvalue weighted by Gasteiger charge is -2.29. The molecule has 2 fully saturated rings. The molecular formula is C40H45F3N8O4. The van der Waals surface area contributed by atoms with Gasteiger partial charge in [-0.3, -0.25) is 23.9 Å². The number of anilines is 1. The number of benzene rings is 1. The highest BCUT2D eigenvalue weighted by Crippen LogP contribution is 2.64. The number of rotatable bonds is 4. The van der Waals surface area contributed by atoms with Crippen molar-refractivity contribution in [2.45, 2.75) is 97.9 Å². The Bertz CT molecular complexity index is 2200. The number of carbonyl (C=O) groups is 4. The predicted octanol–water partition coefficient (Wildman–Crippen LogP) is 6.18. The third kappa shape index (κ3) is 6.97. The molecule has 1 saturated carbocycles. The van der Waals surface area contributed by atoms with Gasteiger partial charge in [0.1, 0.15) is 35.6 Å². The molecule has 2 aliphatic heterocycles. The van der Waals surface area contributed by atoms with E-state index in [1.807, 2.05) is 26.0 Å². The number of hydrogen-bond acceptors (Lipinski definition) is 8. The Hall–Kier alpha value is -5.21. The van der Waals surface area contributed by atoms with Crippen LogP contribution in [0.2, 0.25) is 0 Å². The predicted molar refractivity (Wildman–Crippen MR) is 198 cm³/mol. The number of aromatic nitrogens is 5. The van der Waals surface area contributed by atoms with Crippen LogP contribution < -0.4 is 5.32 Å². The van der Waals surface area contributed by atoms with Gasteiger partial charge in [-0.2, -0.15) is 18.3 Å².